The quantitative estimate of drug-likeness (QED) is 0.766. The highest BCUT2D eigenvalue weighted by atomic mass is 32.2. The standard InChI is InChI=1S/C20H22N2OS/c1-15(13-24-18-7-5-4-6-8-18)19(23)22-17-11-9-16(10-12-17)20(2,3)14-21/h4-12,15H,13H2,1-3H3,(H,22,23). The minimum atomic E-state index is -0.526. The van der Waals surface area contributed by atoms with Crippen LogP contribution in [0.15, 0.2) is 59.5 Å². The summed E-state index contributed by atoms with van der Waals surface area (Å²) in [5.74, 6) is 0.645. The summed E-state index contributed by atoms with van der Waals surface area (Å²) in [6.07, 6.45) is 0. The molecule has 0 radical (unpaired) electrons. The summed E-state index contributed by atoms with van der Waals surface area (Å²) in [6.45, 7) is 5.69. The Bertz CT molecular complexity index is 718. The van der Waals surface area contributed by atoms with Crippen LogP contribution in [0.25, 0.3) is 0 Å². The summed E-state index contributed by atoms with van der Waals surface area (Å²) < 4.78 is 0. The van der Waals surface area contributed by atoms with Gasteiger partial charge in [0.25, 0.3) is 0 Å². The van der Waals surface area contributed by atoms with Crippen molar-refractivity contribution in [2.75, 3.05) is 11.1 Å². The number of benzene rings is 2. The Morgan fingerprint density at radius 3 is 2.38 bits per heavy atom. The molecule has 0 aliphatic rings. The fourth-order valence-electron chi connectivity index (χ4n) is 2.11. The number of hydrogen-bond donors (Lipinski definition) is 1. The van der Waals surface area contributed by atoms with Gasteiger partial charge in [0.2, 0.25) is 5.91 Å². The first-order valence-electron chi connectivity index (χ1n) is 7.93. The highest BCUT2D eigenvalue weighted by molar-refractivity contribution is 7.99. The van der Waals surface area contributed by atoms with Gasteiger partial charge in [-0.2, -0.15) is 5.26 Å². The Morgan fingerprint density at radius 2 is 1.79 bits per heavy atom. The summed E-state index contributed by atoms with van der Waals surface area (Å²) in [7, 11) is 0. The second-order valence-corrected chi connectivity index (χ2v) is 7.42. The first kappa shape index (κ1) is 18.1. The van der Waals surface area contributed by atoms with E-state index in [2.05, 4.69) is 11.4 Å². The van der Waals surface area contributed by atoms with E-state index < -0.39 is 5.41 Å². The average molecular weight is 338 g/mol. The lowest BCUT2D eigenvalue weighted by molar-refractivity contribution is -0.118. The molecule has 0 aromatic heterocycles. The summed E-state index contributed by atoms with van der Waals surface area (Å²) >= 11 is 1.68. The lowest BCUT2D eigenvalue weighted by atomic mass is 9.86. The summed E-state index contributed by atoms with van der Waals surface area (Å²) in [4.78, 5) is 13.5. The van der Waals surface area contributed by atoms with Crippen LogP contribution in [-0.2, 0) is 10.2 Å². The van der Waals surface area contributed by atoms with Crippen LogP contribution in [0.3, 0.4) is 0 Å². The number of thioether (sulfide) groups is 1. The van der Waals surface area contributed by atoms with Gasteiger partial charge in [0.05, 0.1) is 11.5 Å². The number of anilines is 1. The van der Waals surface area contributed by atoms with Crippen LogP contribution in [0.5, 0.6) is 0 Å². The number of amides is 1. The summed E-state index contributed by atoms with van der Waals surface area (Å²) in [5.41, 5.74) is 1.17. The Kier molecular flexibility index (Phi) is 6.05. The van der Waals surface area contributed by atoms with Gasteiger partial charge in [-0.1, -0.05) is 37.3 Å². The van der Waals surface area contributed by atoms with Gasteiger partial charge in [0, 0.05) is 22.3 Å². The fraction of sp³-hybridized carbons (Fsp3) is 0.300. The first-order valence-corrected chi connectivity index (χ1v) is 8.91. The van der Waals surface area contributed by atoms with Gasteiger partial charge in [0.15, 0.2) is 0 Å². The molecule has 4 heteroatoms. The van der Waals surface area contributed by atoms with E-state index >= 15 is 0 Å². The zero-order valence-electron chi connectivity index (χ0n) is 14.2. The second-order valence-electron chi connectivity index (χ2n) is 6.33. The van der Waals surface area contributed by atoms with Crippen molar-refractivity contribution >= 4 is 23.4 Å². The topological polar surface area (TPSA) is 52.9 Å². The fourth-order valence-corrected chi connectivity index (χ4v) is 3.06. The molecule has 2 aromatic carbocycles. The molecule has 1 unspecified atom stereocenters. The molecule has 1 atom stereocenters. The van der Waals surface area contributed by atoms with E-state index in [0.717, 1.165) is 17.0 Å². The Balaban J connectivity index is 1.91. The molecule has 0 bridgehead atoms. The van der Waals surface area contributed by atoms with Crippen molar-refractivity contribution in [3.8, 4) is 6.07 Å². The average Bonchev–Trinajstić information content (AvgIpc) is 2.61. The van der Waals surface area contributed by atoms with Crippen LogP contribution in [-0.4, -0.2) is 11.7 Å². The molecule has 24 heavy (non-hydrogen) atoms. The molecule has 1 amide bonds. The van der Waals surface area contributed by atoms with Crippen molar-refractivity contribution in [3.63, 3.8) is 0 Å². The maximum atomic E-state index is 12.3. The molecule has 0 saturated carbocycles. The SMILES string of the molecule is CC(CSc1ccccc1)C(=O)Nc1ccc(C(C)(C)C#N)cc1. The normalized spacial score (nSPS) is 12.2. The summed E-state index contributed by atoms with van der Waals surface area (Å²) in [6, 6.07) is 19.8. The van der Waals surface area contributed by atoms with Gasteiger partial charge >= 0.3 is 0 Å². The van der Waals surface area contributed by atoms with Crippen molar-refractivity contribution in [2.45, 2.75) is 31.1 Å². The van der Waals surface area contributed by atoms with Crippen molar-refractivity contribution in [1.29, 1.82) is 5.26 Å². The number of hydrogen-bond acceptors (Lipinski definition) is 3. The molecular weight excluding hydrogens is 316 g/mol. The van der Waals surface area contributed by atoms with Gasteiger partial charge in [-0.3, -0.25) is 4.79 Å². The predicted octanol–water partition coefficient (Wildman–Crippen LogP) is 4.85. The van der Waals surface area contributed by atoms with Crippen LogP contribution in [0.4, 0.5) is 5.69 Å². The Hall–Kier alpha value is -2.25. The van der Waals surface area contributed by atoms with Crippen LogP contribution in [0, 0.1) is 17.2 Å². The number of nitrogens with one attached hydrogen (secondary N) is 1. The number of nitriles is 1. The van der Waals surface area contributed by atoms with Crippen LogP contribution in [0.1, 0.15) is 26.3 Å². The number of carbonyl (C=O) groups excluding carboxylic acids is 1. The maximum Gasteiger partial charge on any atom is 0.228 e. The van der Waals surface area contributed by atoms with Gasteiger partial charge in [0.1, 0.15) is 0 Å². The molecule has 0 saturated heterocycles. The van der Waals surface area contributed by atoms with Crippen LogP contribution >= 0.6 is 11.8 Å². The number of carbonyl (C=O) groups is 1. The molecule has 0 spiro atoms. The number of nitrogens with zero attached hydrogens (tertiary/aromatic N) is 1. The first-order chi connectivity index (χ1) is 11.4. The minimum absolute atomic E-state index is 0.00530. The molecule has 0 fully saturated rings. The molecule has 0 aliphatic carbocycles. The Morgan fingerprint density at radius 1 is 1.17 bits per heavy atom. The molecule has 3 nitrogen and oxygen atoms in total. The van der Waals surface area contributed by atoms with Crippen LogP contribution < -0.4 is 5.32 Å². The molecule has 124 valence electrons. The van der Waals surface area contributed by atoms with E-state index in [-0.39, 0.29) is 11.8 Å². The molecule has 2 aromatic rings. The van der Waals surface area contributed by atoms with Gasteiger partial charge < -0.3 is 5.32 Å². The molecule has 2 rings (SSSR count). The molecular formula is C20H22N2OS. The smallest absolute Gasteiger partial charge is 0.228 e. The van der Waals surface area contributed by atoms with Crippen molar-refractivity contribution in [2.24, 2.45) is 5.92 Å². The third-order valence-electron chi connectivity index (χ3n) is 3.84. The van der Waals surface area contributed by atoms with Gasteiger partial charge in [-0.05, 0) is 43.7 Å². The van der Waals surface area contributed by atoms with E-state index in [4.69, 9.17) is 5.26 Å². The molecule has 0 aliphatic heterocycles. The third kappa shape index (κ3) is 4.87. The van der Waals surface area contributed by atoms with Crippen molar-refractivity contribution in [1.82, 2.24) is 0 Å². The van der Waals surface area contributed by atoms with Gasteiger partial charge in [-0.15, -0.1) is 11.8 Å². The van der Waals surface area contributed by atoms with E-state index in [1.54, 1.807) is 11.8 Å². The monoisotopic (exact) mass is 338 g/mol. The predicted molar refractivity (Wildman–Crippen MR) is 100 cm³/mol. The maximum absolute atomic E-state index is 12.3. The zero-order valence-corrected chi connectivity index (χ0v) is 15.1. The minimum Gasteiger partial charge on any atom is -0.326 e. The van der Waals surface area contributed by atoms with Crippen LogP contribution in [0.2, 0.25) is 0 Å². The Labute approximate surface area is 148 Å². The largest absolute Gasteiger partial charge is 0.326 e. The summed E-state index contributed by atoms with van der Waals surface area (Å²) in [5, 5.41) is 12.1. The highest BCUT2D eigenvalue weighted by Crippen LogP contribution is 2.24. The van der Waals surface area contributed by atoms with E-state index in [1.165, 1.54) is 4.90 Å². The van der Waals surface area contributed by atoms with E-state index in [0.29, 0.717) is 0 Å². The lowest BCUT2D eigenvalue weighted by Gasteiger charge is -2.17. The highest BCUT2D eigenvalue weighted by Gasteiger charge is 2.19. The molecule has 0 heterocycles. The van der Waals surface area contributed by atoms with Crippen molar-refractivity contribution in [3.05, 3.63) is 60.2 Å². The number of rotatable bonds is 6. The van der Waals surface area contributed by atoms with Crippen molar-refractivity contribution < 1.29 is 4.79 Å². The van der Waals surface area contributed by atoms with Gasteiger partial charge in [-0.25, -0.2) is 0 Å². The van der Waals surface area contributed by atoms with E-state index in [9.17, 15) is 4.79 Å². The molecule has 1 N–H and O–H groups in total. The third-order valence-corrected chi connectivity index (χ3v) is 5.12. The lowest BCUT2D eigenvalue weighted by Crippen LogP contribution is -2.22. The second kappa shape index (κ2) is 8.03. The zero-order chi connectivity index (χ0) is 17.6. The van der Waals surface area contributed by atoms with E-state index in [1.807, 2.05) is 75.4 Å².